The van der Waals surface area contributed by atoms with Gasteiger partial charge in [0.1, 0.15) is 0 Å². The van der Waals surface area contributed by atoms with Crippen LogP contribution in [0.1, 0.15) is 71.2 Å². The monoisotopic (exact) mass is 411 g/mol. The second-order valence-corrected chi connectivity index (χ2v) is 12.2. The highest BCUT2D eigenvalue weighted by Crippen LogP contribution is 2.57. The summed E-state index contributed by atoms with van der Waals surface area (Å²) in [6.45, 7) is 15.0. The molecule has 3 nitrogen and oxygen atoms in total. The molecule has 3 rings (SSSR count). The van der Waals surface area contributed by atoms with E-state index in [0.29, 0.717) is 0 Å². The SMILES string of the molecule is CC(C)(C)CN1C(c2ccccc2)CC(c2ccccc2)N(CC(C)(C)C)P1[O-]. The Balaban J connectivity index is 2.04. The number of hydrogen-bond acceptors (Lipinski definition) is 3. The summed E-state index contributed by atoms with van der Waals surface area (Å²) in [6, 6.07) is 21.5. The van der Waals surface area contributed by atoms with Gasteiger partial charge in [0.15, 0.2) is 0 Å². The van der Waals surface area contributed by atoms with E-state index in [4.69, 9.17) is 0 Å². The summed E-state index contributed by atoms with van der Waals surface area (Å²) in [6.07, 6.45) is 0.946. The highest BCUT2D eigenvalue weighted by atomic mass is 31.2. The molecule has 1 saturated heterocycles. The van der Waals surface area contributed by atoms with Gasteiger partial charge in [0, 0.05) is 25.2 Å². The van der Waals surface area contributed by atoms with E-state index in [9.17, 15) is 4.89 Å². The third kappa shape index (κ3) is 5.89. The van der Waals surface area contributed by atoms with Crippen LogP contribution in [0.3, 0.4) is 0 Å². The summed E-state index contributed by atoms with van der Waals surface area (Å²) in [5, 5.41) is 0. The predicted molar refractivity (Wildman–Crippen MR) is 122 cm³/mol. The van der Waals surface area contributed by atoms with Crippen molar-refractivity contribution in [3.63, 3.8) is 0 Å². The molecule has 1 aliphatic rings. The minimum Gasteiger partial charge on any atom is -0.806 e. The van der Waals surface area contributed by atoms with Gasteiger partial charge >= 0.3 is 0 Å². The number of nitrogens with zero attached hydrogens (tertiary/aromatic N) is 2. The van der Waals surface area contributed by atoms with Crippen molar-refractivity contribution in [3.8, 4) is 0 Å². The summed E-state index contributed by atoms with van der Waals surface area (Å²) >= 11 is 0. The van der Waals surface area contributed by atoms with Gasteiger partial charge in [-0.05, 0) is 28.4 Å². The molecular weight excluding hydrogens is 375 g/mol. The van der Waals surface area contributed by atoms with E-state index in [0.717, 1.165) is 19.5 Å². The van der Waals surface area contributed by atoms with Crippen molar-refractivity contribution in [1.82, 2.24) is 9.34 Å². The molecule has 29 heavy (non-hydrogen) atoms. The molecule has 0 amide bonds. The first kappa shape index (κ1) is 22.4. The number of rotatable bonds is 4. The van der Waals surface area contributed by atoms with Crippen LogP contribution in [0.4, 0.5) is 0 Å². The van der Waals surface area contributed by atoms with Gasteiger partial charge in [-0.25, -0.2) is 0 Å². The quantitative estimate of drug-likeness (QED) is 0.565. The summed E-state index contributed by atoms with van der Waals surface area (Å²) in [7, 11) is -1.66. The van der Waals surface area contributed by atoms with Crippen molar-refractivity contribution in [2.75, 3.05) is 13.1 Å². The van der Waals surface area contributed by atoms with Gasteiger partial charge in [-0.1, -0.05) is 111 Å². The zero-order valence-electron chi connectivity index (χ0n) is 18.8. The topological polar surface area (TPSA) is 29.5 Å². The van der Waals surface area contributed by atoms with E-state index < -0.39 is 8.45 Å². The normalized spacial score (nSPS) is 24.6. The minimum absolute atomic E-state index is 0.0744. The third-order valence-electron chi connectivity index (χ3n) is 5.25. The average Bonchev–Trinajstić information content (AvgIpc) is 2.64. The first-order valence-corrected chi connectivity index (χ1v) is 11.8. The van der Waals surface area contributed by atoms with Crippen molar-refractivity contribution in [2.45, 2.75) is 60.0 Å². The van der Waals surface area contributed by atoms with Crippen LogP contribution >= 0.6 is 8.45 Å². The molecule has 2 unspecified atom stereocenters. The van der Waals surface area contributed by atoms with Crippen LogP contribution < -0.4 is 4.89 Å². The highest BCUT2D eigenvalue weighted by molar-refractivity contribution is 7.44. The van der Waals surface area contributed by atoms with Gasteiger partial charge in [-0.15, -0.1) is 0 Å². The zero-order chi connectivity index (χ0) is 21.2. The van der Waals surface area contributed by atoms with Crippen molar-refractivity contribution < 1.29 is 4.89 Å². The molecule has 0 saturated carbocycles. The van der Waals surface area contributed by atoms with E-state index in [2.05, 4.69) is 112 Å². The molecule has 0 aromatic heterocycles. The zero-order valence-corrected chi connectivity index (χ0v) is 19.7. The van der Waals surface area contributed by atoms with E-state index in [1.807, 2.05) is 0 Å². The standard InChI is InChI=1S/C25H36N2OP/c1-24(2,3)18-26-22(20-13-9-7-10-14-20)17-23(21-15-11-8-12-16-21)27(29(26)28)19-25(4,5)6/h7-16,22-23H,17-19H2,1-6H3/q-1. The summed E-state index contributed by atoms with van der Waals surface area (Å²) in [5.74, 6) is 0. The molecule has 158 valence electrons. The molecule has 1 fully saturated rings. The molecule has 2 atom stereocenters. The van der Waals surface area contributed by atoms with Crippen LogP contribution in [-0.4, -0.2) is 22.4 Å². The van der Waals surface area contributed by atoms with E-state index in [-0.39, 0.29) is 22.9 Å². The van der Waals surface area contributed by atoms with Gasteiger partial charge in [0.25, 0.3) is 0 Å². The Morgan fingerprint density at radius 2 is 1.07 bits per heavy atom. The summed E-state index contributed by atoms with van der Waals surface area (Å²) in [4.78, 5) is 14.0. The molecule has 2 aromatic carbocycles. The molecule has 0 spiro atoms. The van der Waals surface area contributed by atoms with E-state index in [1.165, 1.54) is 11.1 Å². The minimum atomic E-state index is -1.66. The maximum atomic E-state index is 14.0. The molecule has 0 aliphatic carbocycles. The average molecular weight is 412 g/mol. The molecule has 4 heteroatoms. The molecule has 0 N–H and O–H groups in total. The Hall–Kier alpha value is -1.25. The van der Waals surface area contributed by atoms with Crippen molar-refractivity contribution in [1.29, 1.82) is 0 Å². The molecule has 2 aromatic rings. The Kier molecular flexibility index (Phi) is 6.85. The summed E-state index contributed by atoms with van der Waals surface area (Å²) < 4.78 is 4.52. The van der Waals surface area contributed by atoms with Crippen LogP contribution in [-0.2, 0) is 0 Å². The fraction of sp³-hybridized carbons (Fsp3) is 0.520. The molecule has 1 heterocycles. The van der Waals surface area contributed by atoms with Crippen molar-refractivity contribution in [3.05, 3.63) is 71.8 Å². The first-order chi connectivity index (χ1) is 13.6. The van der Waals surface area contributed by atoms with Crippen molar-refractivity contribution in [2.24, 2.45) is 10.8 Å². The van der Waals surface area contributed by atoms with Crippen LogP contribution in [0.15, 0.2) is 60.7 Å². The third-order valence-corrected chi connectivity index (χ3v) is 6.97. The largest absolute Gasteiger partial charge is 0.806 e. The fourth-order valence-electron chi connectivity index (χ4n) is 4.12. The second-order valence-electron chi connectivity index (χ2n) is 10.7. The lowest BCUT2D eigenvalue weighted by Gasteiger charge is -2.58. The van der Waals surface area contributed by atoms with Gasteiger partial charge in [-0.3, -0.25) is 9.34 Å². The van der Waals surface area contributed by atoms with Crippen LogP contribution in [0.25, 0.3) is 0 Å². The lowest BCUT2D eigenvalue weighted by atomic mass is 9.90. The number of benzene rings is 2. The van der Waals surface area contributed by atoms with Crippen LogP contribution in [0.2, 0.25) is 0 Å². The molecular formula is C25H36N2OP-. The Bertz CT molecular complexity index is 701. The van der Waals surface area contributed by atoms with Crippen LogP contribution in [0, 0.1) is 10.8 Å². The Labute approximate surface area is 178 Å². The number of hydrogen-bond donors (Lipinski definition) is 0. The maximum absolute atomic E-state index is 14.0. The molecule has 1 aliphatic heterocycles. The van der Waals surface area contributed by atoms with Crippen LogP contribution in [0.5, 0.6) is 0 Å². The summed E-state index contributed by atoms with van der Waals surface area (Å²) in [5.41, 5.74) is 2.67. The van der Waals surface area contributed by atoms with E-state index in [1.54, 1.807) is 0 Å². The van der Waals surface area contributed by atoms with Gasteiger partial charge in [-0.2, -0.15) is 0 Å². The predicted octanol–water partition coefficient (Wildman–Crippen LogP) is 6.16. The highest BCUT2D eigenvalue weighted by Gasteiger charge is 2.40. The van der Waals surface area contributed by atoms with E-state index >= 15 is 0 Å². The van der Waals surface area contributed by atoms with Gasteiger partial charge in [0.2, 0.25) is 0 Å². The molecule has 0 bridgehead atoms. The smallest absolute Gasteiger partial charge is 0.0403 e. The fourth-order valence-corrected chi connectivity index (χ4v) is 6.44. The second kappa shape index (κ2) is 8.86. The maximum Gasteiger partial charge on any atom is 0.0403 e. The van der Waals surface area contributed by atoms with Crippen molar-refractivity contribution >= 4 is 8.45 Å². The van der Waals surface area contributed by atoms with Gasteiger partial charge in [0.05, 0.1) is 0 Å². The Morgan fingerprint density at radius 1 is 0.724 bits per heavy atom. The Morgan fingerprint density at radius 3 is 1.38 bits per heavy atom. The van der Waals surface area contributed by atoms with Gasteiger partial charge < -0.3 is 4.89 Å². The first-order valence-electron chi connectivity index (χ1n) is 10.7. The molecule has 0 radical (unpaired) electrons. The lowest BCUT2D eigenvalue weighted by molar-refractivity contribution is -0.194. The lowest BCUT2D eigenvalue weighted by Crippen LogP contribution is -2.48.